The Morgan fingerprint density at radius 2 is 1.98 bits per heavy atom. The number of hydrogen-bond acceptors (Lipinski definition) is 8. The van der Waals surface area contributed by atoms with Gasteiger partial charge in [0, 0.05) is 86.4 Å². The van der Waals surface area contributed by atoms with Crippen molar-refractivity contribution in [2.45, 2.75) is 43.4 Å². The molecule has 49 heavy (non-hydrogen) atoms. The molecule has 0 bridgehead atoms. The van der Waals surface area contributed by atoms with Crippen molar-refractivity contribution >= 4 is 45.0 Å². The van der Waals surface area contributed by atoms with Crippen LogP contribution in [0.15, 0.2) is 54.7 Å². The van der Waals surface area contributed by atoms with Crippen molar-refractivity contribution in [2.75, 3.05) is 64.9 Å². The summed E-state index contributed by atoms with van der Waals surface area (Å²) < 4.78 is 37.5. The Kier molecular flexibility index (Phi) is 8.40. The first kappa shape index (κ1) is 32.3. The fraction of sp³-hybridized carbons (Fsp3) is 0.459. The Bertz CT molecular complexity index is 1950. The number of halogens is 3. The van der Waals surface area contributed by atoms with E-state index in [1.807, 2.05) is 53.3 Å². The number of pyridine rings is 1. The zero-order valence-electron chi connectivity index (χ0n) is 27.8. The van der Waals surface area contributed by atoms with Gasteiger partial charge in [-0.1, -0.05) is 48.0 Å². The molecule has 2 aromatic carbocycles. The largest absolute Gasteiger partial charge is 0.461 e. The van der Waals surface area contributed by atoms with Gasteiger partial charge in [0.2, 0.25) is 5.91 Å². The molecule has 9 nitrogen and oxygen atoms in total. The minimum atomic E-state index is -0.898. The Labute approximate surface area is 289 Å². The van der Waals surface area contributed by atoms with Crippen LogP contribution in [0.4, 0.5) is 14.6 Å². The van der Waals surface area contributed by atoms with Crippen LogP contribution in [0.1, 0.15) is 25.7 Å². The number of benzene rings is 2. The lowest BCUT2D eigenvalue weighted by Crippen LogP contribution is -2.53. The molecule has 4 aromatic rings. The molecule has 4 aliphatic rings. The van der Waals surface area contributed by atoms with E-state index in [0.717, 1.165) is 37.7 Å². The van der Waals surface area contributed by atoms with Crippen LogP contribution in [-0.2, 0) is 4.79 Å². The molecule has 0 spiro atoms. The molecule has 4 fully saturated rings. The smallest absolute Gasteiger partial charge is 0.319 e. The summed E-state index contributed by atoms with van der Waals surface area (Å²) in [6.07, 6.45) is 7.69. The highest BCUT2D eigenvalue weighted by molar-refractivity contribution is 6.36. The number of likely N-dealkylation sites (N-methyl/N-ethyl adjacent to an activating group) is 1. The minimum Gasteiger partial charge on any atom is -0.461 e. The second kappa shape index (κ2) is 12.8. The Balaban J connectivity index is 1.09. The van der Waals surface area contributed by atoms with Gasteiger partial charge in [-0.2, -0.15) is 9.97 Å². The Morgan fingerprint density at radius 3 is 2.76 bits per heavy atom. The van der Waals surface area contributed by atoms with E-state index in [2.05, 4.69) is 26.8 Å². The number of rotatable bonds is 9. The molecular weight excluding hydrogens is 648 g/mol. The second-order valence-corrected chi connectivity index (χ2v) is 14.6. The van der Waals surface area contributed by atoms with Gasteiger partial charge in [0.05, 0.1) is 10.9 Å². The fourth-order valence-corrected chi connectivity index (χ4v) is 8.41. The van der Waals surface area contributed by atoms with E-state index in [4.69, 9.17) is 21.3 Å². The lowest BCUT2D eigenvalue weighted by molar-refractivity contribution is -0.131. The van der Waals surface area contributed by atoms with Crippen LogP contribution in [0.3, 0.4) is 0 Å². The molecule has 3 atom stereocenters. The number of likely N-dealkylation sites (tertiary alicyclic amines) is 2. The van der Waals surface area contributed by atoms with Gasteiger partial charge in [-0.05, 0) is 44.3 Å². The first-order valence-corrected chi connectivity index (χ1v) is 17.5. The molecule has 4 aliphatic heterocycles. The number of anilines is 1. The van der Waals surface area contributed by atoms with Gasteiger partial charge in [-0.3, -0.25) is 19.6 Å². The van der Waals surface area contributed by atoms with Crippen LogP contribution in [0.25, 0.3) is 32.9 Å². The van der Waals surface area contributed by atoms with Crippen LogP contribution >= 0.6 is 11.6 Å². The van der Waals surface area contributed by atoms with E-state index in [1.54, 1.807) is 18.3 Å². The van der Waals surface area contributed by atoms with Gasteiger partial charge in [0.25, 0.3) is 0 Å². The molecule has 0 radical (unpaired) electrons. The van der Waals surface area contributed by atoms with Crippen molar-refractivity contribution in [3.05, 3.63) is 65.6 Å². The second-order valence-electron chi connectivity index (χ2n) is 14.2. The third-order valence-electron chi connectivity index (χ3n) is 11.0. The zero-order chi connectivity index (χ0) is 33.9. The lowest BCUT2D eigenvalue weighted by Gasteiger charge is -2.41. The van der Waals surface area contributed by atoms with Crippen LogP contribution < -0.4 is 9.64 Å². The number of alkyl halides is 1. The summed E-state index contributed by atoms with van der Waals surface area (Å²) in [6, 6.07) is 11.5. The maximum absolute atomic E-state index is 16.7. The maximum atomic E-state index is 16.7. The summed E-state index contributed by atoms with van der Waals surface area (Å²) in [7, 11) is 3.96. The van der Waals surface area contributed by atoms with E-state index >= 15 is 4.39 Å². The number of hydrogen-bond donors (Lipinski definition) is 0. The molecule has 4 saturated heterocycles. The van der Waals surface area contributed by atoms with E-state index < -0.39 is 17.5 Å². The topological polar surface area (TPSA) is 77.9 Å². The fourth-order valence-electron chi connectivity index (χ4n) is 8.12. The zero-order valence-corrected chi connectivity index (χ0v) is 28.5. The van der Waals surface area contributed by atoms with E-state index in [9.17, 15) is 9.18 Å². The SMILES string of the molecule is CN(CC1CN(C(=O)/C=C/[C@@H]2CCN2C)C1)c1nc(OC[C@@]23CCCN2C[C@H](F)C3)nc2c(F)c(-c3cccc4cccc(Cl)c34)ncc12. The first-order valence-electron chi connectivity index (χ1n) is 17.1. The lowest BCUT2D eigenvalue weighted by atomic mass is 9.95. The summed E-state index contributed by atoms with van der Waals surface area (Å²) in [4.78, 5) is 35.0. The number of fused-ring (bicyclic) bond motifs is 3. The van der Waals surface area contributed by atoms with Gasteiger partial charge in [0.1, 0.15) is 29.8 Å². The number of ether oxygens (including phenoxy) is 1. The van der Waals surface area contributed by atoms with Gasteiger partial charge in [0.15, 0.2) is 5.82 Å². The van der Waals surface area contributed by atoms with Crippen LogP contribution in [0.2, 0.25) is 5.02 Å². The summed E-state index contributed by atoms with van der Waals surface area (Å²) in [5, 5.41) is 2.54. The average Bonchev–Trinajstić information content (AvgIpc) is 3.60. The molecule has 0 N–H and O–H groups in total. The normalized spacial score (nSPS) is 24.5. The van der Waals surface area contributed by atoms with Gasteiger partial charge < -0.3 is 14.5 Å². The number of carbonyl (C=O) groups is 1. The Morgan fingerprint density at radius 1 is 1.16 bits per heavy atom. The predicted octanol–water partition coefficient (Wildman–Crippen LogP) is 5.75. The number of carbonyl (C=O) groups excluding carboxylic acids is 1. The molecule has 2 aromatic heterocycles. The standard InChI is InChI=1S/C37H40ClF2N7O2/c1-44-15-12-26(44)10-11-30(48)46-19-23(20-46)18-45(2)35-28-17-41-33(27-8-3-6-24-7-4-9-29(38)31(24)27)32(40)34(28)42-36(43-35)49-22-37-13-5-14-47(37)21-25(39)16-37/h3-4,6-11,17,23,25-26H,5,12-16,18-22H2,1-2H3/b11-10+/t25-,26-,37+/m1/s1. The third kappa shape index (κ3) is 5.89. The predicted molar refractivity (Wildman–Crippen MR) is 187 cm³/mol. The molecule has 256 valence electrons. The van der Waals surface area contributed by atoms with Crippen molar-refractivity contribution in [1.82, 2.24) is 29.7 Å². The molecule has 1 amide bonds. The van der Waals surface area contributed by atoms with Crippen molar-refractivity contribution in [1.29, 1.82) is 0 Å². The Hall–Kier alpha value is -3.93. The average molecular weight is 688 g/mol. The number of amides is 1. The van der Waals surface area contributed by atoms with Gasteiger partial charge in [-0.15, -0.1) is 0 Å². The van der Waals surface area contributed by atoms with Crippen LogP contribution in [0, 0.1) is 11.7 Å². The molecule has 0 aliphatic carbocycles. The van der Waals surface area contributed by atoms with Crippen LogP contribution in [-0.4, -0.2) is 113 Å². The quantitative estimate of drug-likeness (QED) is 0.206. The molecule has 0 unspecified atom stereocenters. The molecule has 0 saturated carbocycles. The van der Waals surface area contributed by atoms with E-state index in [1.165, 1.54) is 0 Å². The van der Waals surface area contributed by atoms with Crippen molar-refractivity contribution in [3.8, 4) is 17.3 Å². The van der Waals surface area contributed by atoms with Gasteiger partial charge >= 0.3 is 6.01 Å². The molecule has 12 heteroatoms. The highest BCUT2D eigenvalue weighted by atomic mass is 35.5. The van der Waals surface area contributed by atoms with E-state index in [0.29, 0.717) is 65.8 Å². The molecular formula is C37H40ClF2N7O2. The van der Waals surface area contributed by atoms with Crippen molar-refractivity contribution in [2.24, 2.45) is 5.92 Å². The molecule has 6 heterocycles. The van der Waals surface area contributed by atoms with Crippen molar-refractivity contribution < 1.29 is 18.3 Å². The maximum Gasteiger partial charge on any atom is 0.319 e. The summed E-state index contributed by atoms with van der Waals surface area (Å²) >= 11 is 6.61. The number of nitrogens with zero attached hydrogens (tertiary/aromatic N) is 7. The van der Waals surface area contributed by atoms with Crippen LogP contribution in [0.5, 0.6) is 6.01 Å². The summed E-state index contributed by atoms with van der Waals surface area (Å²) in [5.74, 6) is 0.130. The highest BCUT2D eigenvalue weighted by Crippen LogP contribution is 2.41. The van der Waals surface area contributed by atoms with E-state index in [-0.39, 0.29) is 35.7 Å². The van der Waals surface area contributed by atoms with Gasteiger partial charge in [-0.25, -0.2) is 8.78 Å². The summed E-state index contributed by atoms with van der Waals surface area (Å²) in [6.45, 7) is 4.37. The summed E-state index contributed by atoms with van der Waals surface area (Å²) in [5.41, 5.74) is 0.384. The highest BCUT2D eigenvalue weighted by Gasteiger charge is 2.49. The number of aromatic nitrogens is 3. The molecule has 8 rings (SSSR count). The van der Waals surface area contributed by atoms with Crippen molar-refractivity contribution in [3.63, 3.8) is 0 Å². The first-order chi connectivity index (χ1) is 23.7. The third-order valence-corrected chi connectivity index (χ3v) is 11.3. The monoisotopic (exact) mass is 687 g/mol. The minimum absolute atomic E-state index is 0.0254.